The molecular formula is C12H11N3O3S. The van der Waals surface area contributed by atoms with Crippen molar-refractivity contribution < 1.29 is 14.3 Å². The normalized spacial score (nSPS) is 18.4. The zero-order valence-electron chi connectivity index (χ0n) is 9.93. The summed E-state index contributed by atoms with van der Waals surface area (Å²) < 4.78 is 18.4. The number of carbonyl (C=O) groups excluding carboxylic acids is 1. The Hall–Kier alpha value is -2.15. The lowest BCUT2D eigenvalue weighted by molar-refractivity contribution is 0.175. The first-order valence-electron chi connectivity index (χ1n) is 5.76. The van der Waals surface area contributed by atoms with Crippen LogP contribution in [-0.4, -0.2) is 34.1 Å². The van der Waals surface area contributed by atoms with E-state index >= 15 is 0 Å². The minimum Gasteiger partial charge on any atom is -0.474 e. The van der Waals surface area contributed by atoms with Crippen molar-refractivity contribution in [3.63, 3.8) is 0 Å². The molecule has 1 saturated heterocycles. The summed E-state index contributed by atoms with van der Waals surface area (Å²) in [6.45, 7) is 0.636. The van der Waals surface area contributed by atoms with Crippen molar-refractivity contribution in [3.05, 3.63) is 36.5 Å². The predicted molar refractivity (Wildman–Crippen MR) is 69.5 cm³/mol. The number of nitrogens with zero attached hydrogens (tertiary/aromatic N) is 3. The molecule has 1 amide bonds. The molecule has 0 radical (unpaired) electrons. The molecule has 2 heterocycles. The Labute approximate surface area is 113 Å². The minimum atomic E-state index is -0.351. The lowest BCUT2D eigenvalue weighted by Crippen LogP contribution is -2.37. The van der Waals surface area contributed by atoms with Crippen LogP contribution in [0.25, 0.3) is 0 Å². The number of aromatic nitrogens is 2. The summed E-state index contributed by atoms with van der Waals surface area (Å²) in [4.78, 5) is 13.4. The van der Waals surface area contributed by atoms with Crippen LogP contribution in [0.5, 0.6) is 5.88 Å². The Morgan fingerprint density at radius 2 is 2.26 bits per heavy atom. The Morgan fingerprint density at radius 3 is 3.00 bits per heavy atom. The van der Waals surface area contributed by atoms with Crippen molar-refractivity contribution in [2.75, 3.05) is 18.1 Å². The summed E-state index contributed by atoms with van der Waals surface area (Å²) in [5.41, 5.74) is 0.801. The molecule has 0 saturated carbocycles. The second-order valence-corrected chi connectivity index (χ2v) is 4.55. The van der Waals surface area contributed by atoms with Crippen molar-refractivity contribution in [2.24, 2.45) is 0 Å². The van der Waals surface area contributed by atoms with Gasteiger partial charge in [0.05, 0.1) is 11.7 Å². The maximum Gasteiger partial charge on any atom is 0.414 e. The average molecular weight is 277 g/mol. The third-order valence-corrected chi connectivity index (χ3v) is 3.22. The van der Waals surface area contributed by atoms with Gasteiger partial charge in [-0.05, 0) is 12.1 Å². The third-order valence-electron chi connectivity index (χ3n) is 2.76. The predicted octanol–water partition coefficient (Wildman–Crippen LogP) is 1.94. The number of para-hydroxylation sites is 1. The molecule has 1 aromatic carbocycles. The van der Waals surface area contributed by atoms with E-state index in [2.05, 4.69) is 8.75 Å². The molecule has 3 rings (SSSR count). The second-order valence-electron chi connectivity index (χ2n) is 3.99. The van der Waals surface area contributed by atoms with Crippen LogP contribution < -0.4 is 9.64 Å². The van der Waals surface area contributed by atoms with E-state index in [0.29, 0.717) is 19.1 Å². The smallest absolute Gasteiger partial charge is 0.414 e. The lowest BCUT2D eigenvalue weighted by atomic mass is 10.2. The van der Waals surface area contributed by atoms with Gasteiger partial charge in [0.25, 0.3) is 0 Å². The highest BCUT2D eigenvalue weighted by atomic mass is 32.1. The van der Waals surface area contributed by atoms with Crippen LogP contribution in [0.3, 0.4) is 0 Å². The van der Waals surface area contributed by atoms with Crippen molar-refractivity contribution in [1.82, 2.24) is 8.75 Å². The fraction of sp³-hybridized carbons (Fsp3) is 0.250. The molecule has 1 aromatic heterocycles. The number of hydrogen-bond acceptors (Lipinski definition) is 6. The SMILES string of the molecule is O=C1OCC(COc2cnsn2)N1c1ccccc1. The largest absolute Gasteiger partial charge is 0.474 e. The van der Waals surface area contributed by atoms with E-state index in [1.54, 1.807) is 11.1 Å². The van der Waals surface area contributed by atoms with E-state index in [9.17, 15) is 4.79 Å². The summed E-state index contributed by atoms with van der Waals surface area (Å²) in [6.07, 6.45) is 1.20. The number of benzene rings is 1. The fourth-order valence-electron chi connectivity index (χ4n) is 1.89. The number of amides is 1. The summed E-state index contributed by atoms with van der Waals surface area (Å²) in [5, 5.41) is 0. The highest BCUT2D eigenvalue weighted by Gasteiger charge is 2.34. The summed E-state index contributed by atoms with van der Waals surface area (Å²) in [5.74, 6) is 0.470. The molecule has 7 heteroatoms. The molecule has 1 unspecified atom stereocenters. The van der Waals surface area contributed by atoms with E-state index in [1.807, 2.05) is 30.3 Å². The first-order valence-corrected chi connectivity index (χ1v) is 6.49. The van der Waals surface area contributed by atoms with Crippen LogP contribution >= 0.6 is 11.7 Å². The van der Waals surface area contributed by atoms with Crippen molar-refractivity contribution in [3.8, 4) is 5.88 Å². The number of rotatable bonds is 4. The van der Waals surface area contributed by atoms with Gasteiger partial charge in [-0.3, -0.25) is 4.90 Å². The first kappa shape index (κ1) is 11.9. The first-order chi connectivity index (χ1) is 9.34. The van der Waals surface area contributed by atoms with Gasteiger partial charge in [-0.15, -0.1) is 4.37 Å². The Morgan fingerprint density at radius 1 is 1.42 bits per heavy atom. The van der Waals surface area contributed by atoms with E-state index < -0.39 is 0 Å². The summed E-state index contributed by atoms with van der Waals surface area (Å²) >= 11 is 1.08. The van der Waals surface area contributed by atoms with Crippen LogP contribution in [0.1, 0.15) is 0 Å². The molecule has 0 N–H and O–H groups in total. The second kappa shape index (κ2) is 5.23. The number of hydrogen-bond donors (Lipinski definition) is 0. The standard InChI is InChI=1S/C12H11N3O3S/c16-12-15(9-4-2-1-3-5-9)10(8-18-12)7-17-11-6-13-19-14-11/h1-6,10H,7-8H2. The van der Waals surface area contributed by atoms with Gasteiger partial charge in [-0.2, -0.15) is 4.37 Å². The van der Waals surface area contributed by atoms with Gasteiger partial charge < -0.3 is 9.47 Å². The van der Waals surface area contributed by atoms with Gasteiger partial charge in [-0.1, -0.05) is 18.2 Å². The van der Waals surface area contributed by atoms with Crippen LogP contribution in [-0.2, 0) is 4.74 Å². The average Bonchev–Trinajstić information content (AvgIpc) is 3.07. The molecule has 0 bridgehead atoms. The van der Waals surface area contributed by atoms with Crippen molar-refractivity contribution in [1.29, 1.82) is 0 Å². The van der Waals surface area contributed by atoms with Gasteiger partial charge >= 0.3 is 6.09 Å². The molecule has 1 fully saturated rings. The Kier molecular flexibility index (Phi) is 3.28. The molecule has 2 aromatic rings. The zero-order chi connectivity index (χ0) is 13.1. The lowest BCUT2D eigenvalue weighted by Gasteiger charge is -2.20. The molecule has 6 nitrogen and oxygen atoms in total. The summed E-state index contributed by atoms with van der Waals surface area (Å²) in [6, 6.07) is 9.23. The molecular weight excluding hydrogens is 266 g/mol. The van der Waals surface area contributed by atoms with E-state index in [0.717, 1.165) is 17.4 Å². The minimum absolute atomic E-state index is 0.156. The van der Waals surface area contributed by atoms with Gasteiger partial charge in [0.2, 0.25) is 5.88 Å². The van der Waals surface area contributed by atoms with Crippen molar-refractivity contribution in [2.45, 2.75) is 6.04 Å². The molecule has 98 valence electrons. The van der Waals surface area contributed by atoms with Crippen LogP contribution in [0, 0.1) is 0 Å². The molecule has 0 spiro atoms. The third kappa shape index (κ3) is 2.50. The van der Waals surface area contributed by atoms with Crippen LogP contribution in [0.15, 0.2) is 36.5 Å². The number of ether oxygens (including phenoxy) is 2. The molecule has 1 aliphatic heterocycles. The maximum atomic E-state index is 11.8. The van der Waals surface area contributed by atoms with Crippen LogP contribution in [0.4, 0.5) is 10.5 Å². The van der Waals surface area contributed by atoms with E-state index in [1.165, 1.54) is 0 Å². The topological polar surface area (TPSA) is 64.5 Å². The maximum absolute atomic E-state index is 11.8. The Bertz CT molecular complexity index is 547. The molecule has 19 heavy (non-hydrogen) atoms. The highest BCUT2D eigenvalue weighted by molar-refractivity contribution is 6.99. The molecule has 0 aliphatic carbocycles. The number of carbonyl (C=O) groups is 1. The van der Waals surface area contributed by atoms with E-state index in [-0.39, 0.29) is 12.1 Å². The van der Waals surface area contributed by atoms with Gasteiger partial charge in [-0.25, -0.2) is 4.79 Å². The van der Waals surface area contributed by atoms with Gasteiger partial charge in [0, 0.05) is 5.69 Å². The molecule has 1 aliphatic rings. The molecule has 1 atom stereocenters. The van der Waals surface area contributed by atoms with Gasteiger partial charge in [0.1, 0.15) is 25.5 Å². The zero-order valence-corrected chi connectivity index (χ0v) is 10.7. The van der Waals surface area contributed by atoms with E-state index in [4.69, 9.17) is 9.47 Å². The van der Waals surface area contributed by atoms with Gasteiger partial charge in [0.15, 0.2) is 0 Å². The van der Waals surface area contributed by atoms with Crippen molar-refractivity contribution >= 4 is 23.5 Å². The number of anilines is 1. The quantitative estimate of drug-likeness (QED) is 0.854. The Balaban J connectivity index is 1.72. The summed E-state index contributed by atoms with van der Waals surface area (Å²) in [7, 11) is 0. The van der Waals surface area contributed by atoms with Crippen LogP contribution in [0.2, 0.25) is 0 Å². The highest BCUT2D eigenvalue weighted by Crippen LogP contribution is 2.23. The number of cyclic esters (lactones) is 1. The monoisotopic (exact) mass is 277 g/mol. The fourth-order valence-corrected chi connectivity index (χ4v) is 2.25.